The van der Waals surface area contributed by atoms with Gasteiger partial charge in [0.1, 0.15) is 11.6 Å². The van der Waals surface area contributed by atoms with E-state index in [9.17, 15) is 13.6 Å². The molecule has 1 atom stereocenters. The number of benzene rings is 1. The van der Waals surface area contributed by atoms with Gasteiger partial charge in [-0.1, -0.05) is 11.8 Å². The maximum atomic E-state index is 14.0. The number of carbonyl (C=O) groups excluding carboxylic acids is 1. The Bertz CT molecular complexity index is 581. The Hall–Kier alpha value is -1.63. The van der Waals surface area contributed by atoms with Gasteiger partial charge in [-0.25, -0.2) is 13.6 Å². The Morgan fingerprint density at radius 1 is 1.50 bits per heavy atom. The average Bonchev–Trinajstić information content (AvgIpc) is 2.96. The van der Waals surface area contributed by atoms with Crippen molar-refractivity contribution in [3.05, 3.63) is 35.4 Å². The zero-order valence-corrected chi connectivity index (χ0v) is 13.3. The molecule has 22 heavy (non-hydrogen) atoms. The molecule has 1 aliphatic rings. The standard InChI is InChI=1S/C15H18F2N2O2S/c1-3-21-15(20)18-14(22-2)19-8-4-5-13(19)11-9-10(16)6-7-12(11)17/h6-7,9,13H,3-5,8H2,1-2H3/t13-/m1/s1. The molecule has 1 aliphatic heterocycles. The quantitative estimate of drug-likeness (QED) is 0.608. The summed E-state index contributed by atoms with van der Waals surface area (Å²) < 4.78 is 32.3. The molecule has 1 amide bonds. The summed E-state index contributed by atoms with van der Waals surface area (Å²) in [4.78, 5) is 17.3. The van der Waals surface area contributed by atoms with E-state index in [2.05, 4.69) is 4.99 Å². The lowest BCUT2D eigenvalue weighted by molar-refractivity contribution is 0.163. The van der Waals surface area contributed by atoms with Crippen LogP contribution in [-0.2, 0) is 4.74 Å². The zero-order valence-electron chi connectivity index (χ0n) is 12.5. The maximum Gasteiger partial charge on any atom is 0.436 e. The first-order valence-corrected chi connectivity index (χ1v) is 8.30. The molecule has 0 bridgehead atoms. The first-order chi connectivity index (χ1) is 10.6. The molecule has 0 unspecified atom stereocenters. The number of rotatable bonds is 2. The lowest BCUT2D eigenvalue weighted by Crippen LogP contribution is -2.29. The topological polar surface area (TPSA) is 41.9 Å². The van der Waals surface area contributed by atoms with Crippen molar-refractivity contribution in [1.29, 1.82) is 0 Å². The third-order valence-corrected chi connectivity index (χ3v) is 4.14. The largest absolute Gasteiger partial charge is 0.448 e. The van der Waals surface area contributed by atoms with Gasteiger partial charge in [0.05, 0.1) is 12.6 Å². The third-order valence-electron chi connectivity index (χ3n) is 3.45. The molecule has 0 saturated carbocycles. The minimum Gasteiger partial charge on any atom is -0.448 e. The summed E-state index contributed by atoms with van der Waals surface area (Å²) in [5, 5.41) is 0.463. The molecule has 7 heteroatoms. The van der Waals surface area contributed by atoms with Gasteiger partial charge < -0.3 is 9.64 Å². The van der Waals surface area contributed by atoms with Crippen molar-refractivity contribution in [2.24, 2.45) is 4.99 Å². The minimum absolute atomic E-state index is 0.242. The normalized spacial score (nSPS) is 18.6. The number of halogens is 2. The summed E-state index contributed by atoms with van der Waals surface area (Å²) in [6.45, 7) is 2.58. The van der Waals surface area contributed by atoms with Crippen molar-refractivity contribution in [3.8, 4) is 0 Å². The lowest BCUT2D eigenvalue weighted by atomic mass is 10.0. The van der Waals surface area contributed by atoms with Crippen LogP contribution in [0.4, 0.5) is 13.6 Å². The number of amides is 1. The molecule has 4 nitrogen and oxygen atoms in total. The summed E-state index contributed by atoms with van der Waals surface area (Å²) in [6.07, 6.45) is 2.62. The average molecular weight is 328 g/mol. The van der Waals surface area contributed by atoms with E-state index in [4.69, 9.17) is 4.74 Å². The van der Waals surface area contributed by atoms with E-state index in [1.54, 1.807) is 13.2 Å². The van der Waals surface area contributed by atoms with Crippen molar-refractivity contribution in [2.45, 2.75) is 25.8 Å². The van der Waals surface area contributed by atoms with E-state index in [0.29, 0.717) is 23.7 Å². The highest BCUT2D eigenvalue weighted by atomic mass is 32.2. The monoisotopic (exact) mass is 328 g/mol. The van der Waals surface area contributed by atoms with Crippen LogP contribution in [0.25, 0.3) is 0 Å². The number of thioether (sulfide) groups is 1. The number of carbonyl (C=O) groups is 1. The molecule has 0 spiro atoms. The van der Waals surface area contributed by atoms with Gasteiger partial charge in [0, 0.05) is 12.1 Å². The SMILES string of the molecule is CCOC(=O)N=C(SC)N1CCC[C@@H]1c1cc(F)ccc1F. The third kappa shape index (κ3) is 3.76. The van der Waals surface area contributed by atoms with Crippen molar-refractivity contribution >= 4 is 23.0 Å². The Morgan fingerprint density at radius 2 is 2.27 bits per heavy atom. The van der Waals surface area contributed by atoms with Crippen LogP contribution in [0.5, 0.6) is 0 Å². The van der Waals surface area contributed by atoms with Crippen LogP contribution in [0.1, 0.15) is 31.4 Å². The van der Waals surface area contributed by atoms with Gasteiger partial charge in [-0.2, -0.15) is 4.99 Å². The molecule has 2 rings (SSSR count). The van der Waals surface area contributed by atoms with E-state index in [1.165, 1.54) is 17.8 Å². The van der Waals surface area contributed by atoms with Crippen LogP contribution in [-0.4, -0.2) is 35.6 Å². The number of ether oxygens (including phenoxy) is 1. The predicted molar refractivity (Wildman–Crippen MR) is 83.0 cm³/mol. The van der Waals surface area contributed by atoms with E-state index < -0.39 is 17.7 Å². The second-order valence-electron chi connectivity index (χ2n) is 4.81. The Labute approximate surface area is 132 Å². The summed E-state index contributed by atoms with van der Waals surface area (Å²) in [5.41, 5.74) is 0.295. The number of aliphatic imine (C=N–C) groups is 1. The molecule has 1 fully saturated rings. The summed E-state index contributed by atoms with van der Waals surface area (Å²) in [7, 11) is 0. The molecule has 0 aliphatic carbocycles. The first kappa shape index (κ1) is 16.7. The van der Waals surface area contributed by atoms with Gasteiger partial charge in [0.15, 0.2) is 5.17 Å². The van der Waals surface area contributed by atoms with Gasteiger partial charge in [-0.3, -0.25) is 0 Å². The summed E-state index contributed by atoms with van der Waals surface area (Å²) >= 11 is 1.29. The van der Waals surface area contributed by atoms with Crippen molar-refractivity contribution < 1.29 is 18.3 Å². The Kier molecular flexibility index (Phi) is 5.76. The zero-order chi connectivity index (χ0) is 16.1. The second-order valence-corrected chi connectivity index (χ2v) is 5.59. The van der Waals surface area contributed by atoms with Gasteiger partial charge in [-0.15, -0.1) is 0 Å². The first-order valence-electron chi connectivity index (χ1n) is 7.07. The van der Waals surface area contributed by atoms with Crippen LogP contribution in [0.2, 0.25) is 0 Å². The molecule has 1 aromatic rings. The van der Waals surface area contributed by atoms with Gasteiger partial charge in [0.25, 0.3) is 0 Å². The van der Waals surface area contributed by atoms with E-state index in [1.807, 2.05) is 4.90 Å². The van der Waals surface area contributed by atoms with Gasteiger partial charge in [0.2, 0.25) is 0 Å². The molecular formula is C15H18F2N2O2S. The highest BCUT2D eigenvalue weighted by Crippen LogP contribution is 2.35. The van der Waals surface area contributed by atoms with Crippen molar-refractivity contribution in [2.75, 3.05) is 19.4 Å². The van der Waals surface area contributed by atoms with E-state index >= 15 is 0 Å². The van der Waals surface area contributed by atoms with Crippen LogP contribution in [0, 0.1) is 11.6 Å². The predicted octanol–water partition coefficient (Wildman–Crippen LogP) is 3.98. The molecule has 1 heterocycles. The number of hydrogen-bond donors (Lipinski definition) is 0. The fourth-order valence-corrected chi connectivity index (χ4v) is 3.17. The molecule has 120 valence electrons. The van der Waals surface area contributed by atoms with Crippen LogP contribution < -0.4 is 0 Å². The number of likely N-dealkylation sites (tertiary alicyclic amines) is 1. The molecular weight excluding hydrogens is 310 g/mol. The summed E-state index contributed by atoms with van der Waals surface area (Å²) in [6, 6.07) is 3.11. The number of amidine groups is 1. The molecule has 0 N–H and O–H groups in total. The highest BCUT2D eigenvalue weighted by Gasteiger charge is 2.31. The maximum absolute atomic E-state index is 14.0. The van der Waals surface area contributed by atoms with Crippen LogP contribution in [0.15, 0.2) is 23.2 Å². The molecule has 0 radical (unpaired) electrons. The smallest absolute Gasteiger partial charge is 0.436 e. The molecule has 1 saturated heterocycles. The van der Waals surface area contributed by atoms with E-state index in [-0.39, 0.29) is 12.6 Å². The molecule has 1 aromatic carbocycles. The number of hydrogen-bond acceptors (Lipinski definition) is 3. The fraction of sp³-hybridized carbons (Fsp3) is 0.467. The summed E-state index contributed by atoms with van der Waals surface area (Å²) in [5.74, 6) is -0.925. The van der Waals surface area contributed by atoms with Crippen molar-refractivity contribution in [3.63, 3.8) is 0 Å². The fourth-order valence-electron chi connectivity index (χ4n) is 2.55. The molecule has 0 aromatic heterocycles. The minimum atomic E-state index is -0.669. The van der Waals surface area contributed by atoms with Gasteiger partial charge in [-0.05, 0) is 44.2 Å². The second kappa shape index (κ2) is 7.58. The van der Waals surface area contributed by atoms with E-state index in [0.717, 1.165) is 18.6 Å². The highest BCUT2D eigenvalue weighted by molar-refractivity contribution is 8.13. The Balaban J connectivity index is 2.29. The number of nitrogens with zero attached hydrogens (tertiary/aromatic N) is 2. The van der Waals surface area contributed by atoms with Crippen LogP contribution >= 0.6 is 11.8 Å². The Morgan fingerprint density at radius 3 is 2.95 bits per heavy atom. The van der Waals surface area contributed by atoms with Crippen LogP contribution in [0.3, 0.4) is 0 Å². The van der Waals surface area contributed by atoms with Crippen molar-refractivity contribution in [1.82, 2.24) is 4.90 Å². The van der Waals surface area contributed by atoms with Gasteiger partial charge >= 0.3 is 6.09 Å². The lowest BCUT2D eigenvalue weighted by Gasteiger charge is -2.27.